The van der Waals surface area contributed by atoms with Crippen LogP contribution in [0.25, 0.3) is 0 Å². The molecule has 134 valence electrons. The highest BCUT2D eigenvalue weighted by molar-refractivity contribution is 7.99. The first-order valence-corrected chi connectivity index (χ1v) is 9.64. The molecule has 0 radical (unpaired) electrons. The first-order chi connectivity index (χ1) is 11.9. The van der Waals surface area contributed by atoms with Crippen LogP contribution in [0.2, 0.25) is 0 Å². The minimum atomic E-state index is -3.77. The second kappa shape index (κ2) is 7.07. The third-order valence-corrected chi connectivity index (χ3v) is 5.97. The first kappa shape index (κ1) is 17.8. The molecule has 0 saturated carbocycles. The first-order valence-electron chi connectivity index (χ1n) is 7.34. The molecule has 1 aliphatic rings. The number of benzene rings is 1. The minimum absolute atomic E-state index is 0.139. The Kier molecular flexibility index (Phi) is 5.03. The third-order valence-electron chi connectivity index (χ3n) is 3.62. The zero-order valence-corrected chi connectivity index (χ0v) is 14.8. The van der Waals surface area contributed by atoms with Gasteiger partial charge in [-0.05, 0) is 43.8 Å². The molecule has 0 spiro atoms. The average Bonchev–Trinajstić information content (AvgIpc) is 3.26. The fraction of sp³-hybridized carbons (Fsp3) is 0.385. The molecule has 1 atom stereocenters. The number of rotatable bonds is 6. The fourth-order valence-electron chi connectivity index (χ4n) is 2.35. The summed E-state index contributed by atoms with van der Waals surface area (Å²) >= 11 is 0.983. The Labute approximate surface area is 147 Å². The smallest absolute Gasteiger partial charge is 0.284 e. The van der Waals surface area contributed by atoms with Gasteiger partial charge in [-0.15, -0.1) is 5.10 Å². The second-order valence-corrected chi connectivity index (χ2v) is 8.10. The lowest BCUT2D eigenvalue weighted by atomic mass is 10.2. The summed E-state index contributed by atoms with van der Waals surface area (Å²) in [5.74, 6) is 0.581. The van der Waals surface area contributed by atoms with Gasteiger partial charge in [0.05, 0.1) is 14.7 Å². The van der Waals surface area contributed by atoms with Crippen LogP contribution in [0, 0.1) is 10.1 Å². The van der Waals surface area contributed by atoms with E-state index in [1.54, 1.807) is 0 Å². The molecule has 1 saturated heterocycles. The van der Waals surface area contributed by atoms with Crippen molar-refractivity contribution < 1.29 is 18.1 Å². The van der Waals surface area contributed by atoms with Crippen LogP contribution in [0.1, 0.15) is 24.8 Å². The molecule has 3 rings (SSSR count). The molecule has 1 aromatic heterocycles. The van der Waals surface area contributed by atoms with Crippen molar-refractivity contribution in [3.8, 4) is 0 Å². The van der Waals surface area contributed by atoms with Gasteiger partial charge in [0.1, 0.15) is 6.10 Å². The number of aromatic nitrogens is 3. The van der Waals surface area contributed by atoms with Crippen molar-refractivity contribution in [2.75, 3.05) is 13.7 Å². The number of ether oxygens (including phenoxy) is 1. The zero-order chi connectivity index (χ0) is 18.0. The molecule has 0 aliphatic carbocycles. The topological polar surface area (TPSA) is 140 Å². The van der Waals surface area contributed by atoms with E-state index >= 15 is 0 Å². The number of sulfonamides is 1. The quantitative estimate of drug-likeness (QED) is 0.565. The Morgan fingerprint density at radius 1 is 1.48 bits per heavy atom. The Morgan fingerprint density at radius 3 is 2.92 bits per heavy atom. The zero-order valence-electron chi connectivity index (χ0n) is 13.1. The molecule has 1 fully saturated rings. The van der Waals surface area contributed by atoms with E-state index in [2.05, 4.69) is 19.9 Å². The van der Waals surface area contributed by atoms with E-state index in [1.807, 2.05) is 0 Å². The van der Waals surface area contributed by atoms with Gasteiger partial charge in [0.25, 0.3) is 5.69 Å². The Balaban J connectivity index is 1.88. The number of nitro benzene ring substituents is 1. The van der Waals surface area contributed by atoms with E-state index in [1.165, 1.54) is 19.2 Å². The number of hydrogen-bond acceptors (Lipinski definition) is 8. The van der Waals surface area contributed by atoms with Crippen molar-refractivity contribution in [1.82, 2.24) is 19.9 Å². The molecule has 12 heteroatoms. The van der Waals surface area contributed by atoms with Crippen molar-refractivity contribution >= 4 is 27.5 Å². The molecule has 2 aromatic rings. The molecular formula is C13H15N5O5S2. The van der Waals surface area contributed by atoms with Gasteiger partial charge in [0.2, 0.25) is 15.2 Å². The molecule has 1 aromatic carbocycles. The van der Waals surface area contributed by atoms with E-state index < -0.39 is 14.9 Å². The molecule has 10 nitrogen and oxygen atoms in total. The Bertz CT molecular complexity index is 892. The van der Waals surface area contributed by atoms with E-state index in [0.29, 0.717) is 17.6 Å². The third kappa shape index (κ3) is 3.81. The van der Waals surface area contributed by atoms with Crippen molar-refractivity contribution in [2.24, 2.45) is 0 Å². The number of aromatic amines is 1. The molecule has 0 bridgehead atoms. The van der Waals surface area contributed by atoms with Gasteiger partial charge in [-0.1, -0.05) is 0 Å². The normalized spacial score (nSPS) is 17.7. The molecule has 2 heterocycles. The van der Waals surface area contributed by atoms with Gasteiger partial charge in [-0.2, -0.15) is 0 Å². The van der Waals surface area contributed by atoms with E-state index in [-0.39, 0.29) is 21.6 Å². The summed E-state index contributed by atoms with van der Waals surface area (Å²) < 4.78 is 31.3. The number of nitrogens with zero attached hydrogens (tertiary/aromatic N) is 3. The summed E-state index contributed by atoms with van der Waals surface area (Å²) in [6, 6.07) is 3.69. The molecule has 1 unspecified atom stereocenters. The number of nitrogens with one attached hydrogen (secondary N) is 2. The molecule has 25 heavy (non-hydrogen) atoms. The molecule has 2 N–H and O–H groups in total. The van der Waals surface area contributed by atoms with E-state index in [4.69, 9.17) is 4.74 Å². The van der Waals surface area contributed by atoms with Crippen molar-refractivity contribution in [3.05, 3.63) is 34.1 Å². The number of hydrogen-bond donors (Lipinski definition) is 2. The van der Waals surface area contributed by atoms with Crippen LogP contribution in [0.5, 0.6) is 0 Å². The summed E-state index contributed by atoms with van der Waals surface area (Å²) in [5.41, 5.74) is -0.329. The number of nitro groups is 1. The number of H-pyrrole nitrogens is 1. The van der Waals surface area contributed by atoms with Gasteiger partial charge in [-0.25, -0.2) is 18.1 Å². The van der Waals surface area contributed by atoms with Gasteiger partial charge >= 0.3 is 0 Å². The molecule has 1 aliphatic heterocycles. The van der Waals surface area contributed by atoms with Gasteiger partial charge in [0, 0.05) is 12.7 Å². The predicted molar refractivity (Wildman–Crippen MR) is 87.8 cm³/mol. The summed E-state index contributed by atoms with van der Waals surface area (Å²) in [6.07, 6.45) is 1.65. The van der Waals surface area contributed by atoms with Crippen LogP contribution >= 0.6 is 11.8 Å². The Morgan fingerprint density at radius 2 is 2.28 bits per heavy atom. The lowest BCUT2D eigenvalue weighted by Crippen LogP contribution is -2.18. The maximum absolute atomic E-state index is 11.8. The maximum Gasteiger partial charge on any atom is 0.284 e. The summed E-state index contributed by atoms with van der Waals surface area (Å²) in [6.45, 7) is 0.667. The van der Waals surface area contributed by atoms with Crippen molar-refractivity contribution in [1.29, 1.82) is 0 Å². The average molecular weight is 385 g/mol. The minimum Gasteiger partial charge on any atom is -0.370 e. The second-order valence-electron chi connectivity index (χ2n) is 5.20. The monoisotopic (exact) mass is 385 g/mol. The van der Waals surface area contributed by atoms with Crippen LogP contribution in [0.4, 0.5) is 5.69 Å². The molecule has 0 amide bonds. The lowest BCUT2D eigenvalue weighted by molar-refractivity contribution is -0.388. The predicted octanol–water partition coefficient (Wildman–Crippen LogP) is 1.62. The summed E-state index contributed by atoms with van der Waals surface area (Å²) in [5, 5.41) is 18.4. The van der Waals surface area contributed by atoms with Crippen molar-refractivity contribution in [2.45, 2.75) is 33.9 Å². The van der Waals surface area contributed by atoms with E-state index in [0.717, 1.165) is 30.7 Å². The maximum atomic E-state index is 11.8. The summed E-state index contributed by atoms with van der Waals surface area (Å²) in [7, 11) is -2.53. The van der Waals surface area contributed by atoms with Crippen LogP contribution < -0.4 is 4.72 Å². The van der Waals surface area contributed by atoms with Crippen molar-refractivity contribution in [3.63, 3.8) is 0 Å². The fourth-order valence-corrected chi connectivity index (χ4v) is 3.91. The Hall–Kier alpha value is -2.02. The van der Waals surface area contributed by atoms with Crippen LogP contribution in [0.3, 0.4) is 0 Å². The largest absolute Gasteiger partial charge is 0.370 e. The van der Waals surface area contributed by atoms with Gasteiger partial charge < -0.3 is 4.74 Å². The molecular weight excluding hydrogens is 370 g/mol. The summed E-state index contributed by atoms with van der Waals surface area (Å²) in [4.78, 5) is 15.0. The highest BCUT2D eigenvalue weighted by Gasteiger charge is 2.24. The van der Waals surface area contributed by atoms with E-state index in [9.17, 15) is 18.5 Å². The highest BCUT2D eigenvalue weighted by Crippen LogP contribution is 2.35. The highest BCUT2D eigenvalue weighted by atomic mass is 32.2. The van der Waals surface area contributed by atoms with Crippen LogP contribution in [0.15, 0.2) is 33.1 Å². The SMILES string of the molecule is CNS(=O)(=O)c1ccc(Sc2n[nH]c(C3CCCO3)n2)c([N+](=O)[O-])c1. The lowest BCUT2D eigenvalue weighted by Gasteiger charge is -2.05. The standard InChI is InChI=1S/C13H15N5O5S2/c1-14-25(21,22)8-4-5-11(9(7-8)18(19)20)24-13-15-12(16-17-13)10-3-2-6-23-10/h4-5,7,10,14H,2-3,6H2,1H3,(H,15,16,17). The van der Waals surface area contributed by atoms with Gasteiger partial charge in [-0.3, -0.25) is 15.2 Å². The van der Waals surface area contributed by atoms with Gasteiger partial charge in [0.15, 0.2) is 5.82 Å². The van der Waals surface area contributed by atoms with Crippen LogP contribution in [-0.2, 0) is 14.8 Å². The van der Waals surface area contributed by atoms with Crippen LogP contribution in [-0.4, -0.2) is 42.2 Å².